The first-order valence-electron chi connectivity index (χ1n) is 10.3. The molecule has 0 aliphatic heterocycles. The lowest BCUT2D eigenvalue weighted by atomic mass is 10.1. The Morgan fingerprint density at radius 2 is 1.62 bits per heavy atom. The summed E-state index contributed by atoms with van der Waals surface area (Å²) in [6.07, 6.45) is 1.69. The Hall–Kier alpha value is -4.04. The maximum absolute atomic E-state index is 13.2. The molecule has 0 heterocycles. The summed E-state index contributed by atoms with van der Waals surface area (Å²) in [7, 11) is 0. The van der Waals surface area contributed by atoms with Crippen LogP contribution in [0.1, 0.15) is 21.5 Å². The van der Waals surface area contributed by atoms with Crippen molar-refractivity contribution >= 4 is 42.2 Å². The number of carbonyl (C=O) groups is 3. The van der Waals surface area contributed by atoms with Crippen LogP contribution in [0.25, 0.3) is 6.08 Å². The molecule has 3 rings (SSSR count). The summed E-state index contributed by atoms with van der Waals surface area (Å²) in [6, 6.07) is 22.1. The van der Waals surface area contributed by atoms with E-state index in [9.17, 15) is 19.5 Å². The van der Waals surface area contributed by atoms with Gasteiger partial charge in [-0.3, -0.25) is 14.5 Å². The molecule has 174 valence electrons. The van der Waals surface area contributed by atoms with Gasteiger partial charge in [0.15, 0.2) is 0 Å². The molecule has 0 spiro atoms. The maximum Gasteiger partial charge on any atom is 0.335 e. The zero-order valence-corrected chi connectivity index (χ0v) is 19.0. The lowest BCUT2D eigenvalue weighted by molar-refractivity contribution is -0.136. The van der Waals surface area contributed by atoms with Gasteiger partial charge in [0.05, 0.1) is 5.56 Å². The number of carboxylic acids is 2. The van der Waals surface area contributed by atoms with E-state index in [2.05, 4.69) is 12.6 Å². The number of ether oxygens (including phenoxy) is 1. The van der Waals surface area contributed by atoms with E-state index in [0.29, 0.717) is 22.6 Å². The lowest BCUT2D eigenvalue weighted by Crippen LogP contribution is -2.37. The van der Waals surface area contributed by atoms with Crippen molar-refractivity contribution in [3.63, 3.8) is 0 Å². The Kier molecular flexibility index (Phi) is 8.48. The highest BCUT2D eigenvalue weighted by atomic mass is 32.1. The van der Waals surface area contributed by atoms with Crippen molar-refractivity contribution in [1.29, 1.82) is 0 Å². The molecule has 7 nitrogen and oxygen atoms in total. The van der Waals surface area contributed by atoms with E-state index < -0.39 is 24.4 Å². The van der Waals surface area contributed by atoms with Crippen LogP contribution in [0.5, 0.6) is 5.75 Å². The Bertz CT molecular complexity index is 1190. The molecule has 0 aliphatic carbocycles. The molecule has 8 heteroatoms. The van der Waals surface area contributed by atoms with Gasteiger partial charge in [-0.05, 0) is 53.6 Å². The van der Waals surface area contributed by atoms with Crippen molar-refractivity contribution in [3.8, 4) is 5.75 Å². The third-order valence-corrected chi connectivity index (χ3v) is 5.19. The summed E-state index contributed by atoms with van der Waals surface area (Å²) in [4.78, 5) is 36.9. The highest BCUT2D eigenvalue weighted by molar-refractivity contribution is 7.80. The summed E-state index contributed by atoms with van der Waals surface area (Å²) in [6.45, 7) is -0.358. The molecule has 0 unspecified atom stereocenters. The molecule has 2 N–H and O–H groups in total. The Morgan fingerprint density at radius 3 is 2.24 bits per heavy atom. The number of carbonyl (C=O) groups excluding carboxylic acids is 1. The molecule has 0 bridgehead atoms. The third kappa shape index (κ3) is 6.73. The van der Waals surface area contributed by atoms with Gasteiger partial charge in [0, 0.05) is 17.0 Å². The average molecular weight is 478 g/mol. The largest absolute Gasteiger partial charge is 0.489 e. The van der Waals surface area contributed by atoms with Crippen LogP contribution in [0.2, 0.25) is 0 Å². The van der Waals surface area contributed by atoms with Gasteiger partial charge in [-0.1, -0.05) is 42.5 Å². The first kappa shape index (κ1) is 24.6. The molecule has 0 saturated carbocycles. The van der Waals surface area contributed by atoms with Gasteiger partial charge in [-0.2, -0.15) is 12.6 Å². The number of aliphatic carboxylic acids is 1. The number of aromatic carboxylic acids is 1. The minimum atomic E-state index is -1.15. The van der Waals surface area contributed by atoms with E-state index in [1.165, 1.54) is 17.0 Å². The molecular formula is C26H23NO6S. The SMILES string of the molecule is O=C(O)CN(C(=O)/C(=C\c1ccccc1)CS)c1ccc(OCc2cccc(C(=O)O)c2)cc1. The van der Waals surface area contributed by atoms with Crippen molar-refractivity contribution in [2.24, 2.45) is 0 Å². The van der Waals surface area contributed by atoms with Crippen molar-refractivity contribution in [1.82, 2.24) is 0 Å². The minimum absolute atomic E-state index is 0.139. The maximum atomic E-state index is 13.2. The number of benzene rings is 3. The molecule has 3 aromatic rings. The van der Waals surface area contributed by atoms with Crippen LogP contribution in [0.3, 0.4) is 0 Å². The molecular weight excluding hydrogens is 454 g/mol. The quantitative estimate of drug-likeness (QED) is 0.295. The second kappa shape index (κ2) is 11.7. The number of rotatable bonds is 10. The van der Waals surface area contributed by atoms with Crippen LogP contribution in [0, 0.1) is 0 Å². The van der Waals surface area contributed by atoms with Gasteiger partial charge in [0.25, 0.3) is 5.91 Å². The molecule has 1 amide bonds. The topological polar surface area (TPSA) is 104 Å². The van der Waals surface area contributed by atoms with E-state index in [0.717, 1.165) is 5.56 Å². The van der Waals surface area contributed by atoms with E-state index in [1.54, 1.807) is 42.5 Å². The van der Waals surface area contributed by atoms with Crippen LogP contribution in [0.4, 0.5) is 5.69 Å². The van der Waals surface area contributed by atoms with Crippen LogP contribution in [-0.2, 0) is 16.2 Å². The number of anilines is 1. The molecule has 0 atom stereocenters. The summed E-state index contributed by atoms with van der Waals surface area (Å²) >= 11 is 4.26. The number of amides is 1. The number of hydrogen-bond acceptors (Lipinski definition) is 5. The fourth-order valence-electron chi connectivity index (χ4n) is 3.20. The molecule has 3 aromatic carbocycles. The first-order chi connectivity index (χ1) is 16.4. The van der Waals surface area contributed by atoms with Crippen LogP contribution < -0.4 is 9.64 Å². The normalized spacial score (nSPS) is 11.0. The fraction of sp³-hybridized carbons (Fsp3) is 0.115. The Labute approximate surface area is 202 Å². The predicted octanol–water partition coefficient (Wildman–Crippen LogP) is 4.39. The second-order valence-electron chi connectivity index (χ2n) is 7.31. The van der Waals surface area contributed by atoms with E-state index in [1.807, 2.05) is 30.3 Å². The molecule has 0 saturated heterocycles. The summed E-state index contributed by atoms with van der Waals surface area (Å²) in [5.41, 5.74) is 2.42. The predicted molar refractivity (Wildman–Crippen MR) is 132 cm³/mol. The monoisotopic (exact) mass is 477 g/mol. The molecule has 0 fully saturated rings. The smallest absolute Gasteiger partial charge is 0.335 e. The van der Waals surface area contributed by atoms with Gasteiger partial charge in [-0.25, -0.2) is 4.79 Å². The van der Waals surface area contributed by atoms with Gasteiger partial charge < -0.3 is 14.9 Å². The number of nitrogens with zero attached hydrogens (tertiary/aromatic N) is 1. The zero-order valence-electron chi connectivity index (χ0n) is 18.1. The van der Waals surface area contributed by atoms with Gasteiger partial charge >= 0.3 is 11.9 Å². The molecule has 0 aromatic heterocycles. The summed E-state index contributed by atoms with van der Waals surface area (Å²) < 4.78 is 5.71. The highest BCUT2D eigenvalue weighted by Gasteiger charge is 2.22. The highest BCUT2D eigenvalue weighted by Crippen LogP contribution is 2.23. The average Bonchev–Trinajstić information content (AvgIpc) is 2.85. The van der Waals surface area contributed by atoms with Crippen molar-refractivity contribution in [2.45, 2.75) is 6.61 Å². The van der Waals surface area contributed by atoms with E-state index in [4.69, 9.17) is 9.84 Å². The van der Waals surface area contributed by atoms with Crippen LogP contribution in [0.15, 0.2) is 84.4 Å². The van der Waals surface area contributed by atoms with Gasteiger partial charge in [0.1, 0.15) is 18.9 Å². The third-order valence-electron chi connectivity index (χ3n) is 4.85. The minimum Gasteiger partial charge on any atom is -0.489 e. The first-order valence-corrected chi connectivity index (χ1v) is 11.0. The van der Waals surface area contributed by atoms with Crippen molar-refractivity contribution in [3.05, 3.63) is 101 Å². The van der Waals surface area contributed by atoms with E-state index in [-0.39, 0.29) is 17.9 Å². The summed E-state index contributed by atoms with van der Waals surface area (Å²) in [5, 5.41) is 18.5. The summed E-state index contributed by atoms with van der Waals surface area (Å²) in [5.74, 6) is -2.00. The second-order valence-corrected chi connectivity index (χ2v) is 7.63. The number of thiol groups is 1. The molecule has 34 heavy (non-hydrogen) atoms. The van der Waals surface area contributed by atoms with Crippen LogP contribution >= 0.6 is 12.6 Å². The lowest BCUT2D eigenvalue weighted by Gasteiger charge is -2.22. The molecule has 0 radical (unpaired) electrons. The van der Waals surface area contributed by atoms with Crippen LogP contribution in [-0.4, -0.2) is 40.4 Å². The van der Waals surface area contributed by atoms with Crippen molar-refractivity contribution in [2.75, 3.05) is 17.2 Å². The number of hydrogen-bond donors (Lipinski definition) is 3. The fourth-order valence-corrected chi connectivity index (χ4v) is 3.42. The standard InChI is InChI=1S/C26H23NO6S/c28-24(29)15-27(25(30)21(17-34)13-18-5-2-1-3-6-18)22-9-11-23(12-10-22)33-16-19-7-4-8-20(14-19)26(31)32/h1-14,34H,15-17H2,(H,28,29)(H,31,32)/b21-13-. The van der Waals surface area contributed by atoms with E-state index >= 15 is 0 Å². The van der Waals surface area contributed by atoms with Crippen molar-refractivity contribution < 1.29 is 29.3 Å². The zero-order chi connectivity index (χ0) is 24.5. The van der Waals surface area contributed by atoms with Gasteiger partial charge in [-0.15, -0.1) is 0 Å². The Balaban J connectivity index is 1.77. The molecule has 0 aliphatic rings. The number of carboxylic acid groups (broad SMARTS) is 2. The Morgan fingerprint density at radius 1 is 0.912 bits per heavy atom. The van der Waals surface area contributed by atoms with Gasteiger partial charge in [0.2, 0.25) is 0 Å².